The van der Waals surface area contributed by atoms with Gasteiger partial charge < -0.3 is 15.0 Å². The second-order valence-electron chi connectivity index (χ2n) is 11.0. The van der Waals surface area contributed by atoms with Gasteiger partial charge in [0, 0.05) is 48.8 Å². The second-order valence-corrected chi connectivity index (χ2v) is 13.2. The third-order valence-corrected chi connectivity index (χ3v) is 11.4. The number of fused-ring (bicyclic) bond motifs is 9. The fourth-order valence-electron chi connectivity index (χ4n) is 7.37. The summed E-state index contributed by atoms with van der Waals surface area (Å²) in [5.41, 5.74) is 2.27. The molecule has 2 bridgehead atoms. The van der Waals surface area contributed by atoms with Crippen LogP contribution in [-0.4, -0.2) is 58.7 Å². The number of unbranched alkanes of at least 4 members (excludes halogenated alkanes) is 2. The number of benzene rings is 1. The van der Waals surface area contributed by atoms with Crippen molar-refractivity contribution in [1.29, 1.82) is 0 Å². The zero-order valence-electron chi connectivity index (χ0n) is 20.9. The first kappa shape index (κ1) is 24.7. The van der Waals surface area contributed by atoms with E-state index in [9.17, 15) is 19.2 Å². The highest BCUT2D eigenvalue weighted by Crippen LogP contribution is 2.68. The van der Waals surface area contributed by atoms with Gasteiger partial charge in [-0.05, 0) is 54.7 Å². The van der Waals surface area contributed by atoms with Gasteiger partial charge in [0.15, 0.2) is 0 Å². The zero-order valence-corrected chi connectivity index (χ0v) is 22.5. The van der Waals surface area contributed by atoms with Crippen molar-refractivity contribution < 1.29 is 19.5 Å². The SMILES string of the molecule is CN(C)c1ccc([C@H]2c3sc(=O)[nH]c3S[C@@H]3[C@H]4C[C@@H]([C@@H]5C(=O)N(CCCCCC(=O)O)C(=O)[C@@H]45)[C@H]23)cc1. The molecular formula is C27H31N3O5S2. The van der Waals surface area contributed by atoms with Crippen LogP contribution in [0.4, 0.5) is 5.69 Å². The Morgan fingerprint density at radius 1 is 1.05 bits per heavy atom. The highest BCUT2D eigenvalue weighted by atomic mass is 32.2. The number of hydrogen-bond donors (Lipinski definition) is 2. The van der Waals surface area contributed by atoms with E-state index in [1.165, 1.54) is 16.2 Å². The van der Waals surface area contributed by atoms with Crippen molar-refractivity contribution in [2.75, 3.05) is 25.5 Å². The zero-order chi connectivity index (χ0) is 26.0. The fourth-order valence-corrected chi connectivity index (χ4v) is 10.3. The number of rotatable bonds is 8. The number of carbonyl (C=O) groups excluding carboxylic acids is 2. The lowest BCUT2D eigenvalue weighted by atomic mass is 9.68. The maximum Gasteiger partial charge on any atom is 0.305 e. The number of anilines is 1. The highest BCUT2D eigenvalue weighted by Gasteiger charge is 2.69. The number of likely N-dealkylation sites (tertiary alicyclic amines) is 1. The van der Waals surface area contributed by atoms with Gasteiger partial charge in [-0.1, -0.05) is 29.9 Å². The van der Waals surface area contributed by atoms with E-state index in [0.717, 1.165) is 27.6 Å². The van der Waals surface area contributed by atoms with E-state index >= 15 is 0 Å². The summed E-state index contributed by atoms with van der Waals surface area (Å²) in [7, 11) is 4.02. The first-order valence-electron chi connectivity index (χ1n) is 13.0. The van der Waals surface area contributed by atoms with Crippen LogP contribution in [0.3, 0.4) is 0 Å². The van der Waals surface area contributed by atoms with E-state index in [4.69, 9.17) is 5.11 Å². The Kier molecular flexibility index (Phi) is 6.22. The number of H-pyrrole nitrogens is 1. The maximum absolute atomic E-state index is 13.6. The van der Waals surface area contributed by atoms with E-state index < -0.39 is 5.97 Å². The molecule has 2 N–H and O–H groups in total. The van der Waals surface area contributed by atoms with Crippen molar-refractivity contribution in [3.63, 3.8) is 0 Å². The smallest absolute Gasteiger partial charge is 0.305 e. The van der Waals surface area contributed by atoms with Gasteiger partial charge in [-0.3, -0.25) is 24.1 Å². The predicted molar refractivity (Wildman–Crippen MR) is 142 cm³/mol. The molecule has 0 spiro atoms. The molecule has 3 fully saturated rings. The van der Waals surface area contributed by atoms with Crippen LogP contribution in [0.15, 0.2) is 34.1 Å². The minimum atomic E-state index is -0.819. The van der Waals surface area contributed by atoms with Gasteiger partial charge in [-0.2, -0.15) is 0 Å². The Balaban J connectivity index is 1.28. The molecule has 7 atom stereocenters. The third-order valence-electron chi connectivity index (χ3n) is 8.86. The molecule has 6 rings (SSSR count). The molecule has 10 heteroatoms. The Bertz CT molecular complexity index is 1300. The molecule has 196 valence electrons. The molecule has 2 aromatic rings. The average Bonchev–Trinajstić information content (AvgIpc) is 3.58. The number of carboxylic acid groups (broad SMARTS) is 1. The molecule has 8 nitrogen and oxygen atoms in total. The Labute approximate surface area is 223 Å². The van der Waals surface area contributed by atoms with Gasteiger partial charge in [-0.25, -0.2) is 0 Å². The largest absolute Gasteiger partial charge is 0.481 e. The van der Waals surface area contributed by atoms with E-state index in [1.54, 1.807) is 11.8 Å². The predicted octanol–water partition coefficient (Wildman–Crippen LogP) is 3.62. The van der Waals surface area contributed by atoms with Crippen LogP contribution in [0.5, 0.6) is 0 Å². The monoisotopic (exact) mass is 541 g/mol. The van der Waals surface area contributed by atoms with Gasteiger partial charge in [-0.15, -0.1) is 11.8 Å². The van der Waals surface area contributed by atoms with E-state index in [0.29, 0.717) is 25.8 Å². The quantitative estimate of drug-likeness (QED) is 0.388. The number of nitrogens with one attached hydrogen (secondary N) is 1. The third kappa shape index (κ3) is 3.94. The molecule has 1 aromatic carbocycles. The van der Waals surface area contributed by atoms with Crippen LogP contribution in [-0.2, 0) is 14.4 Å². The van der Waals surface area contributed by atoms with Gasteiger partial charge in [0.2, 0.25) is 11.8 Å². The standard InChI is InChI=1S/C27H31N3O5S2/c1-29(2)14-9-7-13(8-10-14)18-19-15-12-16(22(19)36-24-23(18)37-27(35)28-24)21-20(15)25(33)30(26(21)34)11-5-3-4-6-17(31)32/h7-10,15-16,18-22H,3-6,11-12H2,1-2H3,(H,28,35)(H,31,32)/t15-,16+,18-,19-,20+,21+,22-/m1/s1. The lowest BCUT2D eigenvalue weighted by molar-refractivity contribution is -0.141. The molecular weight excluding hydrogens is 510 g/mol. The number of nitrogens with zero attached hydrogens (tertiary/aromatic N) is 2. The number of imide groups is 1. The molecule has 4 aliphatic rings. The van der Waals surface area contributed by atoms with E-state index in [-0.39, 0.29) is 63.9 Å². The molecule has 2 amide bonds. The number of carboxylic acids is 1. The number of aromatic amines is 1. The highest BCUT2D eigenvalue weighted by molar-refractivity contribution is 8.00. The van der Waals surface area contributed by atoms with Crippen molar-refractivity contribution in [1.82, 2.24) is 9.88 Å². The number of thioether (sulfide) groups is 1. The van der Waals surface area contributed by atoms with Crippen LogP contribution in [0, 0.1) is 29.6 Å². The fraction of sp³-hybridized carbons (Fsp3) is 0.556. The summed E-state index contributed by atoms with van der Waals surface area (Å²) in [5.74, 6) is -0.981. The van der Waals surface area contributed by atoms with Gasteiger partial charge >= 0.3 is 10.8 Å². The minimum Gasteiger partial charge on any atom is -0.481 e. The van der Waals surface area contributed by atoms with Crippen molar-refractivity contribution >= 4 is 46.6 Å². The minimum absolute atomic E-state index is 0.0327. The molecule has 0 radical (unpaired) electrons. The summed E-state index contributed by atoms with van der Waals surface area (Å²) in [4.78, 5) is 57.8. The topological polar surface area (TPSA) is 111 Å². The molecule has 37 heavy (non-hydrogen) atoms. The van der Waals surface area contributed by atoms with Crippen molar-refractivity contribution in [2.45, 2.75) is 48.3 Å². The molecule has 2 saturated carbocycles. The first-order valence-corrected chi connectivity index (χ1v) is 14.7. The molecule has 1 aromatic heterocycles. The Morgan fingerprint density at radius 2 is 1.76 bits per heavy atom. The van der Waals surface area contributed by atoms with E-state index in [1.807, 2.05) is 14.1 Å². The summed E-state index contributed by atoms with van der Waals surface area (Å²) in [5, 5.41) is 9.96. The van der Waals surface area contributed by atoms with Crippen LogP contribution >= 0.6 is 23.1 Å². The summed E-state index contributed by atoms with van der Waals surface area (Å²) in [6.45, 7) is 0.377. The number of aliphatic carboxylic acids is 1. The van der Waals surface area contributed by atoms with Gasteiger partial charge in [0.1, 0.15) is 0 Å². The summed E-state index contributed by atoms with van der Waals surface area (Å²) in [6.07, 6.45) is 2.87. The number of thiazole rings is 1. The summed E-state index contributed by atoms with van der Waals surface area (Å²) >= 11 is 2.99. The normalized spacial score (nSPS) is 31.4. The number of aromatic nitrogens is 1. The lowest BCUT2D eigenvalue weighted by Crippen LogP contribution is -2.42. The van der Waals surface area contributed by atoms with E-state index in [2.05, 4.69) is 34.1 Å². The molecule has 0 unspecified atom stereocenters. The summed E-state index contributed by atoms with van der Waals surface area (Å²) in [6, 6.07) is 8.51. The second kappa shape index (κ2) is 9.31. The van der Waals surface area contributed by atoms with Gasteiger partial charge in [0.25, 0.3) is 0 Å². The molecule has 2 aliphatic carbocycles. The lowest BCUT2D eigenvalue weighted by Gasteiger charge is -2.43. The van der Waals surface area contributed by atoms with Crippen LogP contribution in [0.1, 0.15) is 48.5 Å². The molecule has 3 heterocycles. The Morgan fingerprint density at radius 3 is 2.43 bits per heavy atom. The number of carbonyl (C=O) groups is 3. The average molecular weight is 542 g/mol. The van der Waals surface area contributed by atoms with Gasteiger partial charge in [0.05, 0.1) is 16.9 Å². The summed E-state index contributed by atoms with van der Waals surface area (Å²) < 4.78 is 0. The van der Waals surface area contributed by atoms with Crippen LogP contribution in [0.2, 0.25) is 0 Å². The van der Waals surface area contributed by atoms with Crippen LogP contribution < -0.4 is 9.77 Å². The maximum atomic E-state index is 13.6. The first-order chi connectivity index (χ1) is 17.8. The van der Waals surface area contributed by atoms with Crippen molar-refractivity contribution in [2.24, 2.45) is 29.6 Å². The van der Waals surface area contributed by atoms with Crippen molar-refractivity contribution in [3.05, 3.63) is 44.4 Å². The van der Waals surface area contributed by atoms with Crippen LogP contribution in [0.25, 0.3) is 0 Å². The van der Waals surface area contributed by atoms with Crippen molar-refractivity contribution in [3.8, 4) is 0 Å². The Hall–Kier alpha value is -2.59. The number of amides is 2. The number of hydrogen-bond acceptors (Lipinski definition) is 7. The molecule has 1 saturated heterocycles. The molecule has 2 aliphatic heterocycles.